The van der Waals surface area contributed by atoms with Gasteiger partial charge in [-0.05, 0) is 41.0 Å². The number of nitrogens with zero attached hydrogens (tertiary/aromatic N) is 1. The van der Waals surface area contributed by atoms with Gasteiger partial charge in [-0.2, -0.15) is 0 Å². The van der Waals surface area contributed by atoms with Crippen LogP contribution in [-0.2, 0) is 11.3 Å². The van der Waals surface area contributed by atoms with E-state index in [4.69, 9.17) is 9.15 Å². The fourth-order valence-electron chi connectivity index (χ4n) is 3.23. The Kier molecular flexibility index (Phi) is 5.94. The van der Waals surface area contributed by atoms with E-state index in [0.717, 1.165) is 5.56 Å². The summed E-state index contributed by atoms with van der Waals surface area (Å²) in [4.78, 5) is 34.5. The lowest BCUT2D eigenvalue weighted by atomic mass is 10.0. The normalized spacial score (nSPS) is 10.6. The molecule has 160 valence electrons. The number of nitro benzene ring substituents is 1. The Hall–Kier alpha value is -4.46. The maximum absolute atomic E-state index is 12.1. The van der Waals surface area contributed by atoms with Gasteiger partial charge in [-0.25, -0.2) is 4.79 Å². The summed E-state index contributed by atoms with van der Waals surface area (Å²) in [5, 5.41) is 14.3. The van der Waals surface area contributed by atoms with Crippen molar-refractivity contribution in [3.63, 3.8) is 0 Å². The number of rotatable bonds is 7. The van der Waals surface area contributed by atoms with Crippen LogP contribution in [-0.4, -0.2) is 17.4 Å². The molecular formula is C24H18N2O6. The highest BCUT2D eigenvalue weighted by molar-refractivity contribution is 5.94. The van der Waals surface area contributed by atoms with Crippen molar-refractivity contribution in [2.75, 3.05) is 6.61 Å². The summed E-state index contributed by atoms with van der Waals surface area (Å²) in [6.45, 7) is 0.207. The number of fused-ring (bicyclic) bond motifs is 1. The number of hydrogen-bond donors (Lipinski definition) is 1. The van der Waals surface area contributed by atoms with Crippen LogP contribution in [0.3, 0.4) is 0 Å². The summed E-state index contributed by atoms with van der Waals surface area (Å²) in [5.74, 6) is 0.0893. The molecular weight excluding hydrogens is 412 g/mol. The van der Waals surface area contributed by atoms with Gasteiger partial charge in [0.15, 0.2) is 6.61 Å². The van der Waals surface area contributed by atoms with Gasteiger partial charge in [-0.1, -0.05) is 30.3 Å². The zero-order chi connectivity index (χ0) is 22.5. The lowest BCUT2D eigenvalue weighted by Crippen LogP contribution is -2.28. The monoisotopic (exact) mass is 430 g/mol. The molecule has 1 amide bonds. The van der Waals surface area contributed by atoms with Gasteiger partial charge in [0.1, 0.15) is 11.3 Å². The van der Waals surface area contributed by atoms with Crippen LogP contribution in [0.4, 0.5) is 5.69 Å². The first kappa shape index (κ1) is 20.8. The second kappa shape index (κ2) is 9.13. The van der Waals surface area contributed by atoms with E-state index in [9.17, 15) is 19.7 Å². The highest BCUT2D eigenvalue weighted by Gasteiger charge is 2.12. The molecule has 0 bridgehead atoms. The summed E-state index contributed by atoms with van der Waals surface area (Å²) in [5.41, 5.74) is 1.88. The average molecular weight is 430 g/mol. The zero-order valence-corrected chi connectivity index (χ0v) is 16.8. The summed E-state index contributed by atoms with van der Waals surface area (Å²) < 4.78 is 10.8. The summed E-state index contributed by atoms with van der Waals surface area (Å²) in [6.07, 6.45) is 0. The van der Waals surface area contributed by atoms with Crippen molar-refractivity contribution in [3.05, 3.63) is 105 Å². The van der Waals surface area contributed by atoms with Crippen LogP contribution in [0, 0.1) is 10.1 Å². The molecule has 0 radical (unpaired) electrons. The molecule has 0 fully saturated rings. The minimum atomic E-state index is -0.566. The number of nitro groups is 1. The molecule has 0 saturated carbocycles. The van der Waals surface area contributed by atoms with Crippen LogP contribution in [0.15, 0.2) is 88.1 Å². The van der Waals surface area contributed by atoms with Gasteiger partial charge >= 0.3 is 5.63 Å². The van der Waals surface area contributed by atoms with Crippen molar-refractivity contribution >= 4 is 22.6 Å². The Labute approximate surface area is 182 Å². The van der Waals surface area contributed by atoms with Crippen molar-refractivity contribution in [2.45, 2.75) is 6.54 Å². The molecule has 0 aliphatic rings. The maximum atomic E-state index is 12.1. The summed E-state index contributed by atoms with van der Waals surface area (Å²) >= 11 is 0. The molecule has 8 heteroatoms. The van der Waals surface area contributed by atoms with Gasteiger partial charge in [0, 0.05) is 36.2 Å². The molecule has 32 heavy (non-hydrogen) atoms. The lowest BCUT2D eigenvalue weighted by molar-refractivity contribution is -0.384. The fraction of sp³-hybridized carbons (Fsp3) is 0.0833. The number of carbonyl (C=O) groups is 1. The fourth-order valence-corrected chi connectivity index (χ4v) is 3.23. The highest BCUT2D eigenvalue weighted by Crippen LogP contribution is 2.30. The first-order valence-electron chi connectivity index (χ1n) is 9.76. The van der Waals surface area contributed by atoms with Crippen LogP contribution in [0.2, 0.25) is 0 Å². The second-order valence-electron chi connectivity index (χ2n) is 6.99. The molecule has 8 nitrogen and oxygen atoms in total. The molecule has 1 N–H and O–H groups in total. The Bertz CT molecular complexity index is 1330. The highest BCUT2D eigenvalue weighted by atomic mass is 16.6. The first-order valence-corrected chi connectivity index (χ1v) is 9.76. The van der Waals surface area contributed by atoms with E-state index in [-0.39, 0.29) is 23.8 Å². The lowest BCUT2D eigenvalue weighted by Gasteiger charge is -2.10. The number of hydrogen-bond acceptors (Lipinski definition) is 6. The van der Waals surface area contributed by atoms with Crippen molar-refractivity contribution < 1.29 is 18.9 Å². The SMILES string of the molecule is O=C(COc1ccc2c(-c3ccc([N+](=O)[O-])cc3)cc(=O)oc2c1)NCc1ccccc1. The predicted molar refractivity (Wildman–Crippen MR) is 118 cm³/mol. The van der Waals surface area contributed by atoms with E-state index in [2.05, 4.69) is 5.32 Å². The largest absolute Gasteiger partial charge is 0.484 e. The van der Waals surface area contributed by atoms with Gasteiger partial charge in [0.25, 0.3) is 11.6 Å². The number of amides is 1. The number of carbonyl (C=O) groups excluding carboxylic acids is 1. The number of benzene rings is 3. The van der Waals surface area contributed by atoms with Crippen molar-refractivity contribution in [1.29, 1.82) is 0 Å². The van der Waals surface area contributed by atoms with Crippen LogP contribution in [0.1, 0.15) is 5.56 Å². The van der Waals surface area contributed by atoms with Gasteiger partial charge < -0.3 is 14.5 Å². The number of nitrogens with one attached hydrogen (secondary N) is 1. The molecule has 1 aromatic heterocycles. The molecule has 1 heterocycles. The minimum absolute atomic E-state index is 0.0396. The maximum Gasteiger partial charge on any atom is 0.336 e. The van der Waals surface area contributed by atoms with Crippen molar-refractivity contribution in [1.82, 2.24) is 5.32 Å². The molecule has 0 atom stereocenters. The Morgan fingerprint density at radius 1 is 1.00 bits per heavy atom. The van der Waals surface area contributed by atoms with Crippen LogP contribution < -0.4 is 15.7 Å². The molecule has 0 aliphatic carbocycles. The average Bonchev–Trinajstić information content (AvgIpc) is 2.81. The standard InChI is InChI=1S/C24H18N2O6/c27-23(25-14-16-4-2-1-3-5-16)15-31-19-10-11-20-21(13-24(28)32-22(20)12-19)17-6-8-18(9-7-17)26(29)30/h1-13H,14-15H2,(H,25,27). The molecule has 0 saturated heterocycles. The van der Waals surface area contributed by atoms with E-state index in [1.165, 1.54) is 24.3 Å². The topological polar surface area (TPSA) is 112 Å². The third-order valence-electron chi connectivity index (χ3n) is 4.81. The quantitative estimate of drug-likeness (QED) is 0.269. The van der Waals surface area contributed by atoms with Crippen LogP contribution in [0.25, 0.3) is 22.1 Å². The third kappa shape index (κ3) is 4.81. The summed E-state index contributed by atoms with van der Waals surface area (Å²) in [6, 6.07) is 21.7. The van der Waals surface area contributed by atoms with Crippen LogP contribution in [0.5, 0.6) is 5.75 Å². The number of ether oxygens (including phenoxy) is 1. The van der Waals surface area contributed by atoms with Crippen molar-refractivity contribution in [2.24, 2.45) is 0 Å². The van der Waals surface area contributed by atoms with E-state index < -0.39 is 10.5 Å². The van der Waals surface area contributed by atoms with E-state index >= 15 is 0 Å². The van der Waals surface area contributed by atoms with Gasteiger partial charge in [0.05, 0.1) is 4.92 Å². The van der Waals surface area contributed by atoms with Crippen molar-refractivity contribution in [3.8, 4) is 16.9 Å². The zero-order valence-electron chi connectivity index (χ0n) is 16.8. The molecule has 0 spiro atoms. The third-order valence-corrected chi connectivity index (χ3v) is 4.81. The Morgan fingerprint density at radius 2 is 1.75 bits per heavy atom. The molecule has 0 unspecified atom stereocenters. The minimum Gasteiger partial charge on any atom is -0.484 e. The molecule has 3 aromatic carbocycles. The predicted octanol–water partition coefficient (Wildman–Crippen LogP) is 4.06. The van der Waals surface area contributed by atoms with E-state index in [1.807, 2.05) is 30.3 Å². The van der Waals surface area contributed by atoms with E-state index in [0.29, 0.717) is 28.8 Å². The number of non-ortho nitro benzene ring substituents is 1. The second-order valence-corrected chi connectivity index (χ2v) is 6.99. The Balaban J connectivity index is 1.50. The van der Waals surface area contributed by atoms with Crippen LogP contribution >= 0.6 is 0 Å². The summed E-state index contributed by atoms with van der Waals surface area (Å²) in [7, 11) is 0. The molecule has 4 rings (SSSR count). The van der Waals surface area contributed by atoms with E-state index in [1.54, 1.807) is 24.3 Å². The molecule has 0 aliphatic heterocycles. The molecule has 4 aromatic rings. The van der Waals surface area contributed by atoms with Gasteiger partial charge in [-0.15, -0.1) is 0 Å². The van der Waals surface area contributed by atoms with Gasteiger partial charge in [0.2, 0.25) is 0 Å². The van der Waals surface area contributed by atoms with Gasteiger partial charge in [-0.3, -0.25) is 14.9 Å². The Morgan fingerprint density at radius 3 is 2.47 bits per heavy atom. The first-order chi connectivity index (χ1) is 15.5. The smallest absolute Gasteiger partial charge is 0.336 e.